The SMILES string of the molecule is O=C(Sc1nnc(-c2ccccc2Cl)o1)c1ccc(Br)cc1. The van der Waals surface area contributed by atoms with Crippen molar-refractivity contribution in [1.82, 2.24) is 10.2 Å². The second-order valence-corrected chi connectivity index (χ2v) is 6.50. The minimum absolute atomic E-state index is 0.165. The molecule has 3 rings (SSSR count). The van der Waals surface area contributed by atoms with E-state index in [1.165, 1.54) is 0 Å². The van der Waals surface area contributed by atoms with Crippen molar-refractivity contribution in [2.45, 2.75) is 5.22 Å². The van der Waals surface area contributed by atoms with Crippen molar-refractivity contribution in [2.24, 2.45) is 0 Å². The third kappa shape index (κ3) is 3.40. The van der Waals surface area contributed by atoms with E-state index in [0.717, 1.165) is 16.2 Å². The van der Waals surface area contributed by atoms with Crippen LogP contribution in [0.1, 0.15) is 10.4 Å². The van der Waals surface area contributed by atoms with Gasteiger partial charge in [0.05, 0.1) is 10.6 Å². The predicted octanol–water partition coefficient (Wildman–Crippen LogP) is 5.09. The third-order valence-electron chi connectivity index (χ3n) is 2.77. The minimum Gasteiger partial charge on any atom is -0.411 e. The summed E-state index contributed by atoms with van der Waals surface area (Å²) < 4.78 is 6.40. The van der Waals surface area contributed by atoms with Crippen molar-refractivity contribution in [3.8, 4) is 11.5 Å². The van der Waals surface area contributed by atoms with Gasteiger partial charge in [0.15, 0.2) is 0 Å². The van der Waals surface area contributed by atoms with Crippen LogP contribution < -0.4 is 0 Å². The molecule has 2 aromatic carbocycles. The molecule has 0 aliphatic heterocycles. The van der Waals surface area contributed by atoms with Crippen LogP contribution in [-0.2, 0) is 0 Å². The topological polar surface area (TPSA) is 56.0 Å². The van der Waals surface area contributed by atoms with E-state index in [0.29, 0.717) is 16.1 Å². The number of aromatic nitrogens is 2. The van der Waals surface area contributed by atoms with Gasteiger partial charge >= 0.3 is 0 Å². The summed E-state index contributed by atoms with van der Waals surface area (Å²) in [6, 6.07) is 14.2. The van der Waals surface area contributed by atoms with Crippen molar-refractivity contribution >= 4 is 44.4 Å². The van der Waals surface area contributed by atoms with Crippen molar-refractivity contribution in [3.63, 3.8) is 0 Å². The fourth-order valence-electron chi connectivity index (χ4n) is 1.72. The molecule has 1 heterocycles. The molecule has 0 atom stereocenters. The number of carbonyl (C=O) groups is 1. The maximum absolute atomic E-state index is 12.1. The number of benzene rings is 2. The molecule has 0 spiro atoms. The van der Waals surface area contributed by atoms with Crippen molar-refractivity contribution in [2.75, 3.05) is 0 Å². The van der Waals surface area contributed by atoms with E-state index in [2.05, 4.69) is 26.1 Å². The highest BCUT2D eigenvalue weighted by molar-refractivity contribution is 9.10. The largest absolute Gasteiger partial charge is 0.411 e. The Labute approximate surface area is 144 Å². The van der Waals surface area contributed by atoms with Gasteiger partial charge in [0.2, 0.25) is 11.0 Å². The smallest absolute Gasteiger partial charge is 0.284 e. The highest BCUT2D eigenvalue weighted by Crippen LogP contribution is 2.29. The molecule has 0 bridgehead atoms. The fraction of sp³-hybridized carbons (Fsp3) is 0. The van der Waals surface area contributed by atoms with Crippen LogP contribution >= 0.6 is 39.3 Å². The van der Waals surface area contributed by atoms with E-state index in [1.54, 1.807) is 36.4 Å². The lowest BCUT2D eigenvalue weighted by Gasteiger charge is -1.98. The molecule has 0 amide bonds. The summed E-state index contributed by atoms with van der Waals surface area (Å²) in [5.41, 5.74) is 1.20. The van der Waals surface area contributed by atoms with E-state index in [-0.39, 0.29) is 16.2 Å². The molecule has 0 aliphatic rings. The number of thioether (sulfide) groups is 1. The minimum atomic E-state index is -0.165. The zero-order chi connectivity index (χ0) is 15.5. The first-order valence-electron chi connectivity index (χ1n) is 6.19. The monoisotopic (exact) mass is 394 g/mol. The van der Waals surface area contributed by atoms with Gasteiger partial charge in [-0.05, 0) is 36.4 Å². The molecule has 0 N–H and O–H groups in total. The van der Waals surface area contributed by atoms with E-state index in [4.69, 9.17) is 16.0 Å². The zero-order valence-electron chi connectivity index (χ0n) is 11.0. The number of nitrogens with zero attached hydrogens (tertiary/aromatic N) is 2. The van der Waals surface area contributed by atoms with Crippen molar-refractivity contribution in [1.29, 1.82) is 0 Å². The van der Waals surface area contributed by atoms with E-state index in [1.807, 2.05) is 12.1 Å². The fourth-order valence-corrected chi connectivity index (χ4v) is 2.81. The average molecular weight is 396 g/mol. The van der Waals surface area contributed by atoms with Crippen LogP contribution in [0.5, 0.6) is 0 Å². The summed E-state index contributed by atoms with van der Waals surface area (Å²) in [5.74, 6) is 0.289. The molecule has 0 unspecified atom stereocenters. The molecular weight excluding hydrogens is 388 g/mol. The number of halogens is 2. The van der Waals surface area contributed by atoms with Gasteiger partial charge in [-0.3, -0.25) is 4.79 Å². The Kier molecular flexibility index (Phi) is 4.61. The highest BCUT2D eigenvalue weighted by Gasteiger charge is 2.16. The van der Waals surface area contributed by atoms with Gasteiger partial charge in [0.25, 0.3) is 5.22 Å². The maximum Gasteiger partial charge on any atom is 0.284 e. The second-order valence-electron chi connectivity index (χ2n) is 4.25. The Balaban J connectivity index is 1.78. The molecule has 3 aromatic rings. The van der Waals surface area contributed by atoms with Gasteiger partial charge < -0.3 is 4.42 Å². The van der Waals surface area contributed by atoms with Crippen molar-refractivity contribution < 1.29 is 9.21 Å². The summed E-state index contributed by atoms with van der Waals surface area (Å²) in [6.07, 6.45) is 0. The van der Waals surface area contributed by atoms with Gasteiger partial charge in [-0.15, -0.1) is 10.2 Å². The van der Waals surface area contributed by atoms with Crippen LogP contribution in [0.25, 0.3) is 11.5 Å². The molecule has 0 saturated heterocycles. The van der Waals surface area contributed by atoms with Crippen LogP contribution in [-0.4, -0.2) is 15.3 Å². The number of carbonyl (C=O) groups excluding carboxylic acids is 1. The Morgan fingerprint density at radius 3 is 2.55 bits per heavy atom. The Morgan fingerprint density at radius 1 is 1.09 bits per heavy atom. The standard InChI is InChI=1S/C15H8BrClN2O2S/c16-10-7-5-9(6-8-10)14(20)22-15-19-18-13(21-15)11-3-1-2-4-12(11)17/h1-8H. The summed E-state index contributed by atoms with van der Waals surface area (Å²) in [4.78, 5) is 12.1. The second kappa shape index (κ2) is 6.64. The molecule has 0 aliphatic carbocycles. The van der Waals surface area contributed by atoms with E-state index < -0.39 is 0 Å². The Morgan fingerprint density at radius 2 is 1.82 bits per heavy atom. The number of hydrogen-bond acceptors (Lipinski definition) is 5. The number of rotatable bonds is 3. The quantitative estimate of drug-likeness (QED) is 0.578. The maximum atomic E-state index is 12.1. The normalized spacial score (nSPS) is 10.6. The Bertz CT molecular complexity index is 820. The lowest BCUT2D eigenvalue weighted by molar-refractivity contribution is 0.108. The molecule has 0 fully saturated rings. The van der Waals surface area contributed by atoms with Gasteiger partial charge in [-0.1, -0.05) is 39.7 Å². The van der Waals surface area contributed by atoms with Gasteiger partial charge in [-0.25, -0.2) is 0 Å². The first kappa shape index (κ1) is 15.3. The van der Waals surface area contributed by atoms with Crippen LogP contribution in [0.4, 0.5) is 0 Å². The molecule has 4 nitrogen and oxygen atoms in total. The van der Waals surface area contributed by atoms with Gasteiger partial charge in [0.1, 0.15) is 0 Å². The molecular formula is C15H8BrClN2O2S. The average Bonchev–Trinajstić information content (AvgIpc) is 2.96. The first-order chi connectivity index (χ1) is 10.6. The van der Waals surface area contributed by atoms with Crippen LogP contribution in [0.3, 0.4) is 0 Å². The third-order valence-corrected chi connectivity index (χ3v) is 4.39. The molecule has 7 heteroatoms. The molecule has 0 saturated carbocycles. The lowest BCUT2D eigenvalue weighted by Crippen LogP contribution is -1.92. The summed E-state index contributed by atoms with van der Waals surface area (Å²) in [5, 5.41) is 8.33. The lowest BCUT2D eigenvalue weighted by atomic mass is 10.2. The van der Waals surface area contributed by atoms with E-state index >= 15 is 0 Å². The molecule has 22 heavy (non-hydrogen) atoms. The summed E-state index contributed by atoms with van der Waals surface area (Å²) >= 11 is 10.3. The molecule has 1 aromatic heterocycles. The molecule has 0 radical (unpaired) electrons. The zero-order valence-corrected chi connectivity index (χ0v) is 14.2. The number of hydrogen-bond donors (Lipinski definition) is 0. The van der Waals surface area contributed by atoms with Gasteiger partial charge in [-0.2, -0.15) is 0 Å². The summed E-state index contributed by atoms with van der Waals surface area (Å²) in [7, 11) is 0. The first-order valence-corrected chi connectivity index (χ1v) is 8.18. The van der Waals surface area contributed by atoms with E-state index in [9.17, 15) is 4.79 Å². The van der Waals surface area contributed by atoms with Crippen molar-refractivity contribution in [3.05, 3.63) is 63.6 Å². The molecule has 110 valence electrons. The summed E-state index contributed by atoms with van der Waals surface area (Å²) in [6.45, 7) is 0. The Hall–Kier alpha value is -1.63. The highest BCUT2D eigenvalue weighted by atomic mass is 79.9. The van der Waals surface area contributed by atoms with Crippen LogP contribution in [0.2, 0.25) is 5.02 Å². The van der Waals surface area contributed by atoms with Gasteiger partial charge in [0, 0.05) is 21.8 Å². The predicted molar refractivity (Wildman–Crippen MR) is 89.1 cm³/mol. The van der Waals surface area contributed by atoms with Crippen LogP contribution in [0.15, 0.2) is 62.6 Å². The van der Waals surface area contributed by atoms with Crippen LogP contribution in [0, 0.1) is 0 Å².